The Morgan fingerprint density at radius 3 is 2.33 bits per heavy atom. The van der Waals surface area contributed by atoms with Gasteiger partial charge in [-0.25, -0.2) is 9.36 Å². The van der Waals surface area contributed by atoms with Crippen LogP contribution in [0, 0.1) is 6.92 Å². The lowest BCUT2D eigenvalue weighted by Gasteiger charge is -2.28. The van der Waals surface area contributed by atoms with E-state index in [4.69, 9.17) is 0 Å². The van der Waals surface area contributed by atoms with E-state index in [9.17, 15) is 19.8 Å². The molecule has 0 saturated carbocycles. The third-order valence-electron chi connectivity index (χ3n) is 7.13. The molecule has 1 fully saturated rings. The number of benzene rings is 2. The Hall–Kier alpha value is -4.28. The third kappa shape index (κ3) is 5.62. The molecule has 1 aliphatic rings. The molecule has 1 aliphatic heterocycles. The molecule has 2 amide bonds. The van der Waals surface area contributed by atoms with E-state index in [0.29, 0.717) is 18.7 Å². The van der Waals surface area contributed by atoms with Crippen LogP contribution < -0.4 is 5.32 Å². The number of hydrogen-bond acceptors (Lipinski definition) is 6. The fraction of sp³-hybridized carbons (Fsp3) is 0.310. The molecule has 4 atom stereocenters. The van der Waals surface area contributed by atoms with Gasteiger partial charge >= 0.3 is 0 Å². The topological polar surface area (TPSA) is 126 Å². The Morgan fingerprint density at radius 1 is 0.949 bits per heavy atom. The van der Waals surface area contributed by atoms with Crippen molar-refractivity contribution in [2.24, 2.45) is 0 Å². The van der Waals surface area contributed by atoms with Crippen molar-refractivity contribution in [1.29, 1.82) is 0 Å². The number of carbonyl (C=O) groups is 2. The Bertz CT molecular complexity index is 1420. The normalized spacial score (nSPS) is 17.5. The molecule has 10 nitrogen and oxygen atoms in total. The van der Waals surface area contributed by atoms with Gasteiger partial charge < -0.3 is 20.4 Å². The molecule has 0 unspecified atom stereocenters. The van der Waals surface area contributed by atoms with Gasteiger partial charge in [-0.15, -0.1) is 0 Å². The minimum Gasteiger partial charge on any atom is -0.380 e. The number of aromatic nitrogens is 4. The zero-order chi connectivity index (χ0) is 27.5. The van der Waals surface area contributed by atoms with E-state index in [1.165, 1.54) is 4.90 Å². The molecule has 0 bridgehead atoms. The van der Waals surface area contributed by atoms with Crippen molar-refractivity contribution in [3.8, 4) is 11.4 Å². The maximum atomic E-state index is 13.2. The van der Waals surface area contributed by atoms with Crippen LogP contribution in [0.5, 0.6) is 0 Å². The summed E-state index contributed by atoms with van der Waals surface area (Å²) in [6, 6.07) is 18.3. The number of aryl methyl sites for hydroxylation is 1. The summed E-state index contributed by atoms with van der Waals surface area (Å²) in [4.78, 5) is 27.4. The maximum absolute atomic E-state index is 13.2. The molecule has 3 heterocycles. The highest BCUT2D eigenvalue weighted by Crippen LogP contribution is 2.32. The molecule has 0 spiro atoms. The zero-order valence-electron chi connectivity index (χ0n) is 21.9. The van der Waals surface area contributed by atoms with Crippen LogP contribution >= 0.6 is 0 Å². The van der Waals surface area contributed by atoms with Crippen molar-refractivity contribution in [1.82, 2.24) is 29.8 Å². The summed E-state index contributed by atoms with van der Waals surface area (Å²) >= 11 is 0. The first-order valence-electron chi connectivity index (χ1n) is 13.0. The standard InChI is InChI=1S/C29H32N6O4/c1-19-6-10-23(11-7-19)35-18-14-24(32-35)25-5-3-16-33(25)29(39)27(37)26(36)28(38)31-20(2)21-8-12-22(13-9-21)34-17-4-15-30-34/h4,6-15,17-18,20,25-27,36-37H,3,5,16H2,1-2H3,(H,31,38)/t20-,25-,26-,27-/m1/s1. The highest BCUT2D eigenvalue weighted by atomic mass is 16.3. The number of hydrogen-bond donors (Lipinski definition) is 3. The molecule has 1 saturated heterocycles. The Balaban J connectivity index is 1.21. The zero-order valence-corrected chi connectivity index (χ0v) is 21.9. The summed E-state index contributed by atoms with van der Waals surface area (Å²) in [5.74, 6) is -1.51. The number of aliphatic hydroxyl groups excluding tert-OH is 2. The van der Waals surface area contributed by atoms with Gasteiger partial charge in [0.2, 0.25) is 0 Å². The van der Waals surface area contributed by atoms with Crippen LogP contribution in [0.4, 0.5) is 0 Å². The number of rotatable bonds is 8. The first kappa shape index (κ1) is 26.3. The monoisotopic (exact) mass is 528 g/mol. The predicted octanol–water partition coefficient (Wildman–Crippen LogP) is 2.63. The second kappa shape index (κ2) is 11.2. The Kier molecular flexibility index (Phi) is 7.58. The lowest BCUT2D eigenvalue weighted by atomic mass is 10.1. The van der Waals surface area contributed by atoms with Gasteiger partial charge in [0, 0.05) is 25.1 Å². The third-order valence-corrected chi connectivity index (χ3v) is 7.13. The van der Waals surface area contributed by atoms with Crippen LogP contribution in [0.2, 0.25) is 0 Å². The molecule has 4 aromatic rings. The maximum Gasteiger partial charge on any atom is 0.255 e. The van der Waals surface area contributed by atoms with Crippen LogP contribution in [0.25, 0.3) is 11.4 Å². The van der Waals surface area contributed by atoms with Crippen molar-refractivity contribution in [2.45, 2.75) is 51.0 Å². The molecule has 2 aromatic carbocycles. The predicted molar refractivity (Wildman–Crippen MR) is 144 cm³/mol. The molecule has 39 heavy (non-hydrogen) atoms. The van der Waals surface area contributed by atoms with Crippen molar-refractivity contribution >= 4 is 11.8 Å². The van der Waals surface area contributed by atoms with Gasteiger partial charge in [0.1, 0.15) is 0 Å². The van der Waals surface area contributed by atoms with Gasteiger partial charge in [0.15, 0.2) is 12.2 Å². The molecular weight excluding hydrogens is 496 g/mol. The highest BCUT2D eigenvalue weighted by molar-refractivity contribution is 5.91. The largest absolute Gasteiger partial charge is 0.380 e. The van der Waals surface area contributed by atoms with E-state index in [0.717, 1.165) is 28.9 Å². The Morgan fingerprint density at radius 2 is 1.64 bits per heavy atom. The smallest absolute Gasteiger partial charge is 0.255 e. The van der Waals surface area contributed by atoms with Gasteiger partial charge in [-0.1, -0.05) is 29.8 Å². The molecular formula is C29H32N6O4. The first-order chi connectivity index (χ1) is 18.8. The molecule has 0 aliphatic carbocycles. The van der Waals surface area contributed by atoms with Gasteiger partial charge in [0.05, 0.1) is 29.2 Å². The van der Waals surface area contributed by atoms with E-state index in [-0.39, 0.29) is 6.04 Å². The average molecular weight is 529 g/mol. The van der Waals surface area contributed by atoms with E-state index < -0.39 is 30.1 Å². The lowest BCUT2D eigenvalue weighted by molar-refractivity contribution is -0.154. The molecule has 2 aromatic heterocycles. The molecule has 0 radical (unpaired) electrons. The van der Waals surface area contributed by atoms with E-state index in [1.807, 2.05) is 80.0 Å². The summed E-state index contributed by atoms with van der Waals surface area (Å²) in [5.41, 5.74) is 4.41. The fourth-order valence-corrected chi connectivity index (χ4v) is 4.86. The lowest BCUT2D eigenvalue weighted by Crippen LogP contribution is -2.51. The number of amides is 2. The fourth-order valence-electron chi connectivity index (χ4n) is 4.86. The summed E-state index contributed by atoms with van der Waals surface area (Å²) in [6.07, 6.45) is 2.96. The summed E-state index contributed by atoms with van der Waals surface area (Å²) < 4.78 is 3.47. The van der Waals surface area contributed by atoms with Crippen LogP contribution in [-0.2, 0) is 9.59 Å². The van der Waals surface area contributed by atoms with Crippen LogP contribution in [0.15, 0.2) is 79.3 Å². The number of nitrogens with one attached hydrogen (secondary N) is 1. The van der Waals surface area contributed by atoms with Gasteiger partial charge in [0.25, 0.3) is 11.8 Å². The first-order valence-corrected chi connectivity index (χ1v) is 13.0. The summed E-state index contributed by atoms with van der Waals surface area (Å²) in [5, 5.41) is 32.8. The van der Waals surface area contributed by atoms with E-state index in [1.54, 1.807) is 22.5 Å². The van der Waals surface area contributed by atoms with Crippen molar-refractivity contribution < 1.29 is 19.8 Å². The second-order valence-electron chi connectivity index (χ2n) is 9.87. The SMILES string of the molecule is Cc1ccc(-n2ccc([C@H]3CCCN3C(=O)[C@H](O)[C@@H](O)C(=O)N[C@H](C)c3ccc(-n4cccn4)cc3)n2)cc1. The second-order valence-corrected chi connectivity index (χ2v) is 9.87. The average Bonchev–Trinajstić information content (AvgIpc) is 3.74. The quantitative estimate of drug-likeness (QED) is 0.323. The molecule has 10 heteroatoms. The van der Waals surface area contributed by atoms with Crippen LogP contribution in [0.1, 0.15) is 48.7 Å². The van der Waals surface area contributed by atoms with Crippen LogP contribution in [-0.4, -0.2) is 65.2 Å². The van der Waals surface area contributed by atoms with Crippen molar-refractivity contribution in [3.63, 3.8) is 0 Å². The Labute approximate surface area is 226 Å². The number of likely N-dealkylation sites (tertiary alicyclic amines) is 1. The molecule has 5 rings (SSSR count). The number of aliphatic hydroxyl groups is 2. The summed E-state index contributed by atoms with van der Waals surface area (Å²) in [6.45, 7) is 4.19. The van der Waals surface area contributed by atoms with Gasteiger partial charge in [-0.05, 0) is 68.7 Å². The van der Waals surface area contributed by atoms with E-state index >= 15 is 0 Å². The summed E-state index contributed by atoms with van der Waals surface area (Å²) in [7, 11) is 0. The van der Waals surface area contributed by atoms with Gasteiger partial charge in [-0.3, -0.25) is 9.59 Å². The molecule has 202 valence electrons. The van der Waals surface area contributed by atoms with E-state index in [2.05, 4.69) is 15.5 Å². The number of nitrogens with zero attached hydrogens (tertiary/aromatic N) is 5. The van der Waals surface area contributed by atoms with Gasteiger partial charge in [-0.2, -0.15) is 10.2 Å². The molecule has 3 N–H and O–H groups in total. The van der Waals surface area contributed by atoms with Crippen molar-refractivity contribution in [3.05, 3.63) is 96.1 Å². The minimum absolute atomic E-state index is 0.346. The number of carbonyl (C=O) groups excluding carboxylic acids is 2. The van der Waals surface area contributed by atoms with Crippen LogP contribution in [0.3, 0.4) is 0 Å². The highest BCUT2D eigenvalue weighted by Gasteiger charge is 2.39. The minimum atomic E-state index is -1.91. The van der Waals surface area contributed by atoms with Crippen molar-refractivity contribution in [2.75, 3.05) is 6.54 Å².